The summed E-state index contributed by atoms with van der Waals surface area (Å²) in [6.07, 6.45) is 0.915. The molecule has 6 nitrogen and oxygen atoms in total. The smallest absolute Gasteiger partial charge is 0.257 e. The Labute approximate surface area is 148 Å². The summed E-state index contributed by atoms with van der Waals surface area (Å²) in [6.45, 7) is 8.26. The highest BCUT2D eigenvalue weighted by molar-refractivity contribution is 5.97. The Balaban J connectivity index is 1.78. The SMILES string of the molecule is Cc1ccc(OCCN)c(C(=O)N2CC[C@@H](n3nc(C)cc3C)C2)c1. The summed E-state index contributed by atoms with van der Waals surface area (Å²) in [5, 5.41) is 4.57. The van der Waals surface area contributed by atoms with Crippen molar-refractivity contribution in [1.82, 2.24) is 14.7 Å². The van der Waals surface area contributed by atoms with Gasteiger partial charge in [0.15, 0.2) is 0 Å². The van der Waals surface area contributed by atoms with Crippen molar-refractivity contribution in [2.75, 3.05) is 26.2 Å². The third kappa shape index (κ3) is 3.69. The Morgan fingerprint density at radius 3 is 2.80 bits per heavy atom. The minimum atomic E-state index is 0.0137. The molecule has 1 fully saturated rings. The molecule has 1 aliphatic rings. The maximum Gasteiger partial charge on any atom is 0.257 e. The van der Waals surface area contributed by atoms with Crippen LogP contribution in [0.1, 0.15) is 39.8 Å². The second kappa shape index (κ2) is 7.27. The molecule has 3 rings (SSSR count). The van der Waals surface area contributed by atoms with Gasteiger partial charge in [0.2, 0.25) is 0 Å². The first-order valence-corrected chi connectivity index (χ1v) is 8.75. The average molecular weight is 342 g/mol. The lowest BCUT2D eigenvalue weighted by atomic mass is 10.1. The molecule has 0 radical (unpaired) electrons. The van der Waals surface area contributed by atoms with E-state index in [-0.39, 0.29) is 11.9 Å². The van der Waals surface area contributed by atoms with E-state index < -0.39 is 0 Å². The van der Waals surface area contributed by atoms with Gasteiger partial charge in [0.05, 0.1) is 17.3 Å². The second-order valence-electron chi connectivity index (χ2n) is 6.70. The summed E-state index contributed by atoms with van der Waals surface area (Å²) >= 11 is 0. The van der Waals surface area contributed by atoms with E-state index in [4.69, 9.17) is 10.5 Å². The van der Waals surface area contributed by atoms with Crippen molar-refractivity contribution in [3.63, 3.8) is 0 Å². The molecule has 2 N–H and O–H groups in total. The predicted octanol–water partition coefficient (Wildman–Crippen LogP) is 2.23. The summed E-state index contributed by atoms with van der Waals surface area (Å²) in [7, 11) is 0. The monoisotopic (exact) mass is 342 g/mol. The third-order valence-corrected chi connectivity index (χ3v) is 4.58. The number of nitrogens with zero attached hydrogens (tertiary/aromatic N) is 3. The molecule has 1 aliphatic heterocycles. The maximum absolute atomic E-state index is 13.0. The molecule has 0 saturated carbocycles. The first-order chi connectivity index (χ1) is 12.0. The largest absolute Gasteiger partial charge is 0.491 e. The second-order valence-corrected chi connectivity index (χ2v) is 6.70. The standard InChI is InChI=1S/C19H26N4O2/c1-13-4-5-18(25-9-7-20)17(10-13)19(24)22-8-6-16(12-22)23-15(3)11-14(2)21-23/h4-5,10-11,16H,6-9,12,20H2,1-3H3/t16-/m1/s1. The lowest BCUT2D eigenvalue weighted by molar-refractivity contribution is 0.0782. The fourth-order valence-electron chi connectivity index (χ4n) is 3.42. The van der Waals surface area contributed by atoms with Crippen LogP contribution in [0.5, 0.6) is 5.75 Å². The highest BCUT2D eigenvalue weighted by Crippen LogP contribution is 2.28. The van der Waals surface area contributed by atoms with Crippen LogP contribution in [0.3, 0.4) is 0 Å². The summed E-state index contributed by atoms with van der Waals surface area (Å²) < 4.78 is 7.71. The van der Waals surface area contributed by atoms with Gasteiger partial charge in [-0.05, 0) is 45.4 Å². The number of hydrogen-bond acceptors (Lipinski definition) is 4. The molecule has 1 amide bonds. The number of carbonyl (C=O) groups excluding carboxylic acids is 1. The van der Waals surface area contributed by atoms with Crippen LogP contribution in [0.25, 0.3) is 0 Å². The summed E-state index contributed by atoms with van der Waals surface area (Å²) in [5.74, 6) is 0.621. The van der Waals surface area contributed by atoms with Crippen LogP contribution in [-0.2, 0) is 0 Å². The number of likely N-dealkylation sites (tertiary alicyclic amines) is 1. The van der Waals surface area contributed by atoms with Gasteiger partial charge >= 0.3 is 0 Å². The number of ether oxygens (including phenoxy) is 1. The maximum atomic E-state index is 13.0. The number of carbonyl (C=O) groups is 1. The van der Waals surface area contributed by atoms with E-state index in [2.05, 4.69) is 18.1 Å². The molecule has 0 unspecified atom stereocenters. The molecule has 0 bridgehead atoms. The van der Waals surface area contributed by atoms with E-state index in [1.165, 1.54) is 0 Å². The number of aromatic nitrogens is 2. The van der Waals surface area contributed by atoms with Crippen LogP contribution in [0.4, 0.5) is 0 Å². The van der Waals surface area contributed by atoms with E-state index >= 15 is 0 Å². The Bertz CT molecular complexity index is 769. The van der Waals surface area contributed by atoms with Crippen LogP contribution in [-0.4, -0.2) is 46.8 Å². The topological polar surface area (TPSA) is 73.4 Å². The third-order valence-electron chi connectivity index (χ3n) is 4.58. The average Bonchev–Trinajstić information content (AvgIpc) is 3.19. The van der Waals surface area contributed by atoms with Crippen LogP contribution in [0, 0.1) is 20.8 Å². The number of hydrogen-bond donors (Lipinski definition) is 1. The lowest BCUT2D eigenvalue weighted by Crippen LogP contribution is -2.30. The van der Waals surface area contributed by atoms with Crippen LogP contribution in [0.2, 0.25) is 0 Å². The summed E-state index contributed by atoms with van der Waals surface area (Å²) in [5.41, 5.74) is 9.33. The molecule has 0 aliphatic carbocycles. The minimum absolute atomic E-state index is 0.0137. The lowest BCUT2D eigenvalue weighted by Gasteiger charge is -2.19. The normalized spacial score (nSPS) is 17.1. The van der Waals surface area contributed by atoms with E-state index in [0.717, 1.165) is 29.9 Å². The molecular formula is C19H26N4O2. The molecule has 2 heterocycles. The number of amides is 1. The number of rotatable bonds is 5. The zero-order valence-electron chi connectivity index (χ0n) is 15.2. The Morgan fingerprint density at radius 1 is 1.32 bits per heavy atom. The number of nitrogens with two attached hydrogens (primary N) is 1. The van der Waals surface area contributed by atoms with Gasteiger partial charge < -0.3 is 15.4 Å². The van der Waals surface area contributed by atoms with Crippen LogP contribution in [0.15, 0.2) is 24.3 Å². The van der Waals surface area contributed by atoms with Crippen molar-refractivity contribution < 1.29 is 9.53 Å². The first kappa shape index (κ1) is 17.5. The number of aryl methyl sites for hydroxylation is 3. The van der Waals surface area contributed by atoms with Crippen molar-refractivity contribution in [2.45, 2.75) is 33.2 Å². The molecule has 1 aromatic heterocycles. The van der Waals surface area contributed by atoms with Gasteiger partial charge in [0.1, 0.15) is 12.4 Å². The molecule has 2 aromatic rings. The molecule has 134 valence electrons. The van der Waals surface area contributed by atoms with Crippen LogP contribution >= 0.6 is 0 Å². The fourth-order valence-corrected chi connectivity index (χ4v) is 3.42. The van der Waals surface area contributed by atoms with Crippen LogP contribution < -0.4 is 10.5 Å². The number of benzene rings is 1. The van der Waals surface area contributed by atoms with E-state index in [1.807, 2.05) is 41.6 Å². The van der Waals surface area contributed by atoms with Crippen molar-refractivity contribution in [1.29, 1.82) is 0 Å². The Kier molecular flexibility index (Phi) is 5.08. The van der Waals surface area contributed by atoms with Gasteiger partial charge in [-0.3, -0.25) is 9.48 Å². The molecular weight excluding hydrogens is 316 g/mol. The Hall–Kier alpha value is -2.34. The van der Waals surface area contributed by atoms with Crippen molar-refractivity contribution in [2.24, 2.45) is 5.73 Å². The van der Waals surface area contributed by atoms with Gasteiger partial charge in [-0.1, -0.05) is 11.6 Å². The van der Waals surface area contributed by atoms with Gasteiger partial charge in [0, 0.05) is 25.3 Å². The summed E-state index contributed by atoms with van der Waals surface area (Å²) in [4.78, 5) is 14.9. The molecule has 1 atom stereocenters. The zero-order chi connectivity index (χ0) is 18.0. The first-order valence-electron chi connectivity index (χ1n) is 8.75. The predicted molar refractivity (Wildman–Crippen MR) is 97.0 cm³/mol. The van der Waals surface area contributed by atoms with E-state index in [9.17, 15) is 4.79 Å². The molecule has 6 heteroatoms. The molecule has 25 heavy (non-hydrogen) atoms. The summed E-state index contributed by atoms with van der Waals surface area (Å²) in [6, 6.07) is 8.00. The Morgan fingerprint density at radius 2 is 2.12 bits per heavy atom. The van der Waals surface area contributed by atoms with Crippen molar-refractivity contribution in [3.8, 4) is 5.75 Å². The van der Waals surface area contributed by atoms with Gasteiger partial charge in [-0.15, -0.1) is 0 Å². The minimum Gasteiger partial charge on any atom is -0.491 e. The van der Waals surface area contributed by atoms with Gasteiger partial charge in [0.25, 0.3) is 5.91 Å². The molecule has 1 saturated heterocycles. The quantitative estimate of drug-likeness (QED) is 0.904. The van der Waals surface area contributed by atoms with Crippen molar-refractivity contribution in [3.05, 3.63) is 46.8 Å². The van der Waals surface area contributed by atoms with Gasteiger partial charge in [-0.25, -0.2) is 0 Å². The zero-order valence-corrected chi connectivity index (χ0v) is 15.2. The highest BCUT2D eigenvalue weighted by atomic mass is 16.5. The molecule has 1 aromatic carbocycles. The fraction of sp³-hybridized carbons (Fsp3) is 0.474. The van der Waals surface area contributed by atoms with Crippen molar-refractivity contribution >= 4 is 5.91 Å². The highest BCUT2D eigenvalue weighted by Gasteiger charge is 2.30. The van der Waals surface area contributed by atoms with Gasteiger partial charge in [-0.2, -0.15) is 5.10 Å². The van der Waals surface area contributed by atoms with E-state index in [0.29, 0.717) is 31.0 Å². The van der Waals surface area contributed by atoms with E-state index in [1.54, 1.807) is 0 Å². The molecule has 0 spiro atoms.